The highest BCUT2D eigenvalue weighted by atomic mass is 15.1. The normalized spacial score (nSPS) is 13.0. The van der Waals surface area contributed by atoms with Crippen LogP contribution in [-0.2, 0) is 20.1 Å². The van der Waals surface area contributed by atoms with Gasteiger partial charge in [-0.2, -0.15) is 0 Å². The van der Waals surface area contributed by atoms with Crippen LogP contribution in [0.5, 0.6) is 0 Å². The summed E-state index contributed by atoms with van der Waals surface area (Å²) in [7, 11) is 2.11. The van der Waals surface area contributed by atoms with Crippen LogP contribution in [0, 0.1) is 13.8 Å². The van der Waals surface area contributed by atoms with E-state index in [2.05, 4.69) is 121 Å². The monoisotopic (exact) mass is 444 g/mol. The molecule has 3 heterocycles. The summed E-state index contributed by atoms with van der Waals surface area (Å²) in [4.78, 5) is 10.8. The second-order valence-electron chi connectivity index (χ2n) is 9.33. The number of hydrogen-bond donors (Lipinski definition) is 1. The Bertz CT molecular complexity index is 1530. The molecule has 1 aliphatic rings. The van der Waals surface area contributed by atoms with Crippen molar-refractivity contribution < 1.29 is 0 Å². The molecule has 5 aromatic rings. The molecule has 4 heteroatoms. The van der Waals surface area contributed by atoms with E-state index in [1.807, 2.05) is 0 Å². The molecule has 2 aromatic heterocycles. The first-order valence-electron chi connectivity index (χ1n) is 11.8. The van der Waals surface area contributed by atoms with Crippen molar-refractivity contribution in [1.82, 2.24) is 19.4 Å². The van der Waals surface area contributed by atoms with E-state index in [4.69, 9.17) is 4.98 Å². The number of aromatic nitrogens is 3. The molecule has 0 atom stereocenters. The molecule has 168 valence electrons. The summed E-state index contributed by atoms with van der Waals surface area (Å²) < 4.78 is 2.21. The summed E-state index contributed by atoms with van der Waals surface area (Å²) in [6.45, 7) is 5.98. The SMILES string of the molecule is Cc1ccc(-c2ccc(-c3nc4c([nH]3)C=CN(Cc3cn(C)c5ccccc35)C4)cc2)cc1C. The van der Waals surface area contributed by atoms with Gasteiger partial charge in [0, 0.05) is 42.5 Å². The minimum Gasteiger partial charge on any atom is -0.367 e. The predicted molar refractivity (Wildman–Crippen MR) is 140 cm³/mol. The number of aryl methyl sites for hydroxylation is 3. The number of imidazole rings is 1. The fraction of sp³-hybridized carbons (Fsp3) is 0.167. The zero-order valence-corrected chi connectivity index (χ0v) is 19.8. The smallest absolute Gasteiger partial charge is 0.138 e. The number of para-hydroxylation sites is 1. The zero-order chi connectivity index (χ0) is 23.2. The average molecular weight is 445 g/mol. The van der Waals surface area contributed by atoms with Gasteiger partial charge < -0.3 is 14.5 Å². The van der Waals surface area contributed by atoms with E-state index < -0.39 is 0 Å². The molecule has 4 nitrogen and oxygen atoms in total. The molecule has 0 radical (unpaired) electrons. The molecule has 0 saturated carbocycles. The van der Waals surface area contributed by atoms with Crippen molar-refractivity contribution in [2.24, 2.45) is 7.05 Å². The Hall–Kier alpha value is -4.05. The van der Waals surface area contributed by atoms with Gasteiger partial charge in [-0.25, -0.2) is 4.98 Å². The van der Waals surface area contributed by atoms with Gasteiger partial charge in [-0.3, -0.25) is 0 Å². The molecule has 3 aromatic carbocycles. The highest BCUT2D eigenvalue weighted by Gasteiger charge is 2.18. The van der Waals surface area contributed by atoms with Gasteiger partial charge in [0.25, 0.3) is 0 Å². The van der Waals surface area contributed by atoms with E-state index >= 15 is 0 Å². The molecule has 0 saturated heterocycles. The number of nitrogens with zero attached hydrogens (tertiary/aromatic N) is 3. The average Bonchev–Trinajstić information content (AvgIpc) is 3.42. The van der Waals surface area contributed by atoms with Crippen molar-refractivity contribution in [2.45, 2.75) is 26.9 Å². The molecular weight excluding hydrogens is 416 g/mol. The number of nitrogens with one attached hydrogen (secondary N) is 1. The molecule has 0 spiro atoms. The number of hydrogen-bond acceptors (Lipinski definition) is 2. The first-order chi connectivity index (χ1) is 16.5. The zero-order valence-electron chi connectivity index (χ0n) is 19.8. The molecule has 6 rings (SSSR count). The lowest BCUT2D eigenvalue weighted by atomic mass is 9.99. The highest BCUT2D eigenvalue weighted by Crippen LogP contribution is 2.29. The van der Waals surface area contributed by atoms with Crippen LogP contribution in [0.15, 0.2) is 79.1 Å². The van der Waals surface area contributed by atoms with Gasteiger partial charge >= 0.3 is 0 Å². The maximum atomic E-state index is 4.95. The first kappa shape index (κ1) is 20.5. The summed E-state index contributed by atoms with van der Waals surface area (Å²) in [6, 6.07) is 23.9. The van der Waals surface area contributed by atoms with Crippen LogP contribution < -0.4 is 0 Å². The molecular formula is C30H28N4. The molecule has 0 unspecified atom stereocenters. The van der Waals surface area contributed by atoms with Gasteiger partial charge in [0.1, 0.15) is 5.82 Å². The van der Waals surface area contributed by atoms with E-state index in [1.54, 1.807) is 0 Å². The Labute approximate surface area is 200 Å². The highest BCUT2D eigenvalue weighted by molar-refractivity contribution is 5.83. The Morgan fingerprint density at radius 3 is 2.47 bits per heavy atom. The van der Waals surface area contributed by atoms with Crippen LogP contribution in [0.1, 0.15) is 28.1 Å². The third-order valence-electron chi connectivity index (χ3n) is 6.97. The minimum atomic E-state index is 0.798. The van der Waals surface area contributed by atoms with Crippen molar-refractivity contribution in [3.8, 4) is 22.5 Å². The fourth-order valence-electron chi connectivity index (χ4n) is 4.86. The maximum absolute atomic E-state index is 4.95. The van der Waals surface area contributed by atoms with Gasteiger partial charge in [0.15, 0.2) is 0 Å². The fourth-order valence-corrected chi connectivity index (χ4v) is 4.86. The largest absolute Gasteiger partial charge is 0.367 e. The Kier molecular flexibility index (Phi) is 4.88. The third kappa shape index (κ3) is 3.61. The molecule has 34 heavy (non-hydrogen) atoms. The van der Waals surface area contributed by atoms with Gasteiger partial charge in [-0.1, -0.05) is 60.7 Å². The Balaban J connectivity index is 1.21. The third-order valence-corrected chi connectivity index (χ3v) is 6.97. The molecule has 1 aliphatic heterocycles. The van der Waals surface area contributed by atoms with Crippen molar-refractivity contribution >= 4 is 17.0 Å². The van der Waals surface area contributed by atoms with Crippen molar-refractivity contribution in [2.75, 3.05) is 0 Å². The Morgan fingerprint density at radius 1 is 0.882 bits per heavy atom. The van der Waals surface area contributed by atoms with Gasteiger partial charge in [0.05, 0.1) is 17.9 Å². The van der Waals surface area contributed by atoms with Crippen LogP contribution in [0.2, 0.25) is 0 Å². The molecule has 0 fully saturated rings. The summed E-state index contributed by atoms with van der Waals surface area (Å²) in [5, 5.41) is 1.32. The quantitative estimate of drug-likeness (QED) is 0.329. The minimum absolute atomic E-state index is 0.798. The van der Waals surface area contributed by atoms with Crippen LogP contribution in [0.4, 0.5) is 0 Å². The topological polar surface area (TPSA) is 36.9 Å². The standard InChI is InChI=1S/C30H28N4/c1-20-8-9-24(16-21(20)2)22-10-12-23(13-11-22)30-31-27-14-15-34(19-28(27)32-30)18-25-17-33(3)29-7-5-4-6-26(25)29/h4-17H,18-19H2,1-3H3,(H,31,32). The predicted octanol–water partition coefficient (Wildman–Crippen LogP) is 6.84. The Morgan fingerprint density at radius 2 is 1.65 bits per heavy atom. The lowest BCUT2D eigenvalue weighted by Crippen LogP contribution is -2.19. The van der Waals surface area contributed by atoms with E-state index in [0.717, 1.165) is 35.9 Å². The van der Waals surface area contributed by atoms with Crippen LogP contribution in [0.25, 0.3) is 39.5 Å². The summed E-state index contributed by atoms with van der Waals surface area (Å²) >= 11 is 0. The van der Waals surface area contributed by atoms with Gasteiger partial charge in [-0.15, -0.1) is 0 Å². The van der Waals surface area contributed by atoms with Gasteiger partial charge in [0.2, 0.25) is 0 Å². The summed E-state index contributed by atoms with van der Waals surface area (Å²) in [5.74, 6) is 0.924. The summed E-state index contributed by atoms with van der Waals surface area (Å²) in [5.41, 5.74) is 11.0. The molecule has 1 N–H and O–H groups in total. The number of aromatic amines is 1. The lowest BCUT2D eigenvalue weighted by molar-refractivity contribution is 0.356. The van der Waals surface area contributed by atoms with Crippen LogP contribution in [0.3, 0.4) is 0 Å². The van der Waals surface area contributed by atoms with E-state index in [0.29, 0.717) is 0 Å². The van der Waals surface area contributed by atoms with Crippen molar-refractivity contribution in [1.29, 1.82) is 0 Å². The number of benzene rings is 3. The number of H-pyrrole nitrogens is 1. The van der Waals surface area contributed by atoms with E-state index in [9.17, 15) is 0 Å². The molecule has 0 bridgehead atoms. The van der Waals surface area contributed by atoms with Crippen molar-refractivity contribution in [3.05, 3.63) is 107 Å². The number of rotatable bonds is 4. The first-order valence-corrected chi connectivity index (χ1v) is 11.8. The van der Waals surface area contributed by atoms with Crippen LogP contribution >= 0.6 is 0 Å². The maximum Gasteiger partial charge on any atom is 0.138 e. The summed E-state index contributed by atoms with van der Waals surface area (Å²) in [6.07, 6.45) is 6.56. The van der Waals surface area contributed by atoms with Gasteiger partial charge in [-0.05, 0) is 53.8 Å². The lowest BCUT2D eigenvalue weighted by Gasteiger charge is -2.22. The van der Waals surface area contributed by atoms with Crippen molar-refractivity contribution in [3.63, 3.8) is 0 Å². The number of fused-ring (bicyclic) bond motifs is 2. The van der Waals surface area contributed by atoms with E-state index in [-0.39, 0.29) is 0 Å². The van der Waals surface area contributed by atoms with Crippen LogP contribution in [-0.4, -0.2) is 19.4 Å². The second kappa shape index (κ2) is 8.07. The second-order valence-corrected chi connectivity index (χ2v) is 9.33. The molecule has 0 amide bonds. The molecule has 0 aliphatic carbocycles. The van der Waals surface area contributed by atoms with E-state index in [1.165, 1.54) is 38.7 Å².